The van der Waals surface area contributed by atoms with Gasteiger partial charge in [0.15, 0.2) is 0 Å². The number of hydrogen-bond acceptors (Lipinski definition) is 2. The molecule has 0 radical (unpaired) electrons. The molecule has 16 heavy (non-hydrogen) atoms. The number of benzene rings is 1. The number of phenolic OH excluding ortho intramolecular Hbond substituents is 1. The van der Waals surface area contributed by atoms with Gasteiger partial charge in [-0.05, 0) is 33.0 Å². The average molecular weight is 285 g/mol. The molecule has 1 aromatic carbocycles. The van der Waals surface area contributed by atoms with Gasteiger partial charge >= 0.3 is 5.97 Å². The van der Waals surface area contributed by atoms with E-state index in [0.29, 0.717) is 10.0 Å². The molecule has 1 aliphatic rings. The summed E-state index contributed by atoms with van der Waals surface area (Å²) in [5, 5.41) is 19.0. The summed E-state index contributed by atoms with van der Waals surface area (Å²) in [5.74, 6) is -1.16. The molecule has 1 saturated carbocycles. The fourth-order valence-corrected chi connectivity index (χ4v) is 2.84. The van der Waals surface area contributed by atoms with Crippen LogP contribution in [-0.4, -0.2) is 16.2 Å². The highest BCUT2D eigenvalue weighted by Gasteiger charge is 2.63. The molecular formula is C12H13BrO3. The first kappa shape index (κ1) is 11.5. The lowest BCUT2D eigenvalue weighted by Crippen LogP contribution is -2.03. The van der Waals surface area contributed by atoms with Crippen molar-refractivity contribution in [3.05, 3.63) is 28.2 Å². The van der Waals surface area contributed by atoms with Crippen molar-refractivity contribution in [2.45, 2.75) is 19.8 Å². The van der Waals surface area contributed by atoms with E-state index in [4.69, 9.17) is 5.11 Å². The number of para-hydroxylation sites is 1. The molecule has 3 nitrogen and oxygen atoms in total. The second kappa shape index (κ2) is 3.48. The number of aliphatic carboxylic acids is 1. The lowest BCUT2D eigenvalue weighted by atomic mass is 10.0. The summed E-state index contributed by atoms with van der Waals surface area (Å²) in [6.07, 6.45) is 0. The van der Waals surface area contributed by atoms with Gasteiger partial charge in [-0.2, -0.15) is 0 Å². The van der Waals surface area contributed by atoms with Gasteiger partial charge in [0.25, 0.3) is 0 Å². The van der Waals surface area contributed by atoms with Crippen LogP contribution in [0.2, 0.25) is 0 Å². The molecule has 0 heterocycles. The number of carboxylic acid groups (broad SMARTS) is 1. The van der Waals surface area contributed by atoms with Crippen molar-refractivity contribution in [2.24, 2.45) is 11.3 Å². The third-order valence-electron chi connectivity index (χ3n) is 3.45. The van der Waals surface area contributed by atoms with E-state index in [-0.39, 0.29) is 17.1 Å². The van der Waals surface area contributed by atoms with Gasteiger partial charge < -0.3 is 10.2 Å². The minimum absolute atomic E-state index is 0.109. The van der Waals surface area contributed by atoms with Crippen molar-refractivity contribution in [1.29, 1.82) is 0 Å². The highest BCUT2D eigenvalue weighted by atomic mass is 79.9. The highest BCUT2D eigenvalue weighted by molar-refractivity contribution is 9.10. The Morgan fingerprint density at radius 1 is 1.44 bits per heavy atom. The Morgan fingerprint density at radius 2 is 2.06 bits per heavy atom. The van der Waals surface area contributed by atoms with E-state index >= 15 is 0 Å². The van der Waals surface area contributed by atoms with Gasteiger partial charge in [0.2, 0.25) is 0 Å². The summed E-state index contributed by atoms with van der Waals surface area (Å²) < 4.78 is 0.608. The molecule has 2 rings (SSSR count). The Balaban J connectivity index is 2.41. The van der Waals surface area contributed by atoms with Gasteiger partial charge in [0.05, 0.1) is 10.4 Å². The SMILES string of the molecule is CC1(C)[C@H](C(=O)O)[C@H]1c1cccc(Br)c1O. The molecule has 0 amide bonds. The topological polar surface area (TPSA) is 57.5 Å². The van der Waals surface area contributed by atoms with E-state index in [2.05, 4.69) is 15.9 Å². The maximum absolute atomic E-state index is 11.1. The van der Waals surface area contributed by atoms with Gasteiger partial charge in [0.1, 0.15) is 5.75 Å². The predicted octanol–water partition coefficient (Wildman–Crippen LogP) is 2.98. The predicted molar refractivity (Wildman–Crippen MR) is 63.5 cm³/mol. The quantitative estimate of drug-likeness (QED) is 0.878. The van der Waals surface area contributed by atoms with Crippen molar-refractivity contribution >= 4 is 21.9 Å². The third-order valence-corrected chi connectivity index (χ3v) is 4.09. The zero-order valence-corrected chi connectivity index (χ0v) is 10.7. The Morgan fingerprint density at radius 3 is 2.56 bits per heavy atom. The molecule has 0 aliphatic heterocycles. The minimum Gasteiger partial charge on any atom is -0.506 e. The Hall–Kier alpha value is -1.03. The van der Waals surface area contributed by atoms with E-state index in [1.54, 1.807) is 12.1 Å². The van der Waals surface area contributed by atoms with E-state index in [1.807, 2.05) is 19.9 Å². The molecular weight excluding hydrogens is 272 g/mol. The molecule has 1 aromatic rings. The molecule has 0 spiro atoms. The van der Waals surface area contributed by atoms with Crippen molar-refractivity contribution in [1.82, 2.24) is 0 Å². The number of halogens is 1. The Kier molecular flexibility index (Phi) is 2.49. The molecule has 86 valence electrons. The maximum Gasteiger partial charge on any atom is 0.307 e. The number of carboxylic acids is 1. The van der Waals surface area contributed by atoms with Crippen molar-refractivity contribution < 1.29 is 15.0 Å². The first-order valence-corrected chi connectivity index (χ1v) is 5.87. The van der Waals surface area contributed by atoms with Crippen molar-refractivity contribution in [3.63, 3.8) is 0 Å². The number of carbonyl (C=O) groups is 1. The first-order valence-electron chi connectivity index (χ1n) is 5.07. The molecule has 2 atom stereocenters. The summed E-state index contributed by atoms with van der Waals surface area (Å²) in [6.45, 7) is 3.83. The van der Waals surface area contributed by atoms with Gasteiger partial charge in [-0.25, -0.2) is 0 Å². The number of rotatable bonds is 2. The van der Waals surface area contributed by atoms with Crippen LogP contribution in [0.4, 0.5) is 0 Å². The lowest BCUT2D eigenvalue weighted by molar-refractivity contribution is -0.139. The molecule has 1 aliphatic carbocycles. The number of hydrogen-bond donors (Lipinski definition) is 2. The van der Waals surface area contributed by atoms with Crippen LogP contribution < -0.4 is 0 Å². The zero-order chi connectivity index (χ0) is 12.1. The fourth-order valence-electron chi connectivity index (χ4n) is 2.46. The Labute approximate surface area is 102 Å². The smallest absolute Gasteiger partial charge is 0.307 e. The maximum atomic E-state index is 11.1. The molecule has 0 saturated heterocycles. The molecule has 2 N–H and O–H groups in total. The van der Waals surface area contributed by atoms with Gasteiger partial charge in [0, 0.05) is 5.92 Å². The second-order valence-electron chi connectivity index (χ2n) is 4.79. The van der Waals surface area contributed by atoms with E-state index in [0.717, 1.165) is 0 Å². The highest BCUT2D eigenvalue weighted by Crippen LogP contribution is 2.66. The Bertz CT molecular complexity index is 454. The van der Waals surface area contributed by atoms with Crippen molar-refractivity contribution in [3.8, 4) is 5.75 Å². The minimum atomic E-state index is -0.797. The average Bonchev–Trinajstić information content (AvgIpc) is 2.74. The largest absolute Gasteiger partial charge is 0.506 e. The third kappa shape index (κ3) is 1.52. The summed E-state index contributed by atoms with van der Waals surface area (Å²) in [7, 11) is 0. The van der Waals surface area contributed by atoms with E-state index < -0.39 is 11.9 Å². The van der Waals surface area contributed by atoms with Crippen LogP contribution in [-0.2, 0) is 4.79 Å². The van der Waals surface area contributed by atoms with Crippen LogP contribution in [0.3, 0.4) is 0 Å². The van der Waals surface area contributed by atoms with Gasteiger partial charge in [-0.1, -0.05) is 26.0 Å². The van der Waals surface area contributed by atoms with Crippen molar-refractivity contribution in [2.75, 3.05) is 0 Å². The van der Waals surface area contributed by atoms with E-state index in [9.17, 15) is 9.90 Å². The van der Waals surface area contributed by atoms with Crippen LogP contribution in [0.5, 0.6) is 5.75 Å². The molecule has 1 fully saturated rings. The normalized spacial score (nSPS) is 26.4. The molecule has 0 unspecified atom stereocenters. The van der Waals surface area contributed by atoms with E-state index in [1.165, 1.54) is 0 Å². The standard InChI is InChI=1S/C12H13BrO3/c1-12(2)8(9(12)11(15)16)6-4-3-5-7(13)10(6)14/h3-5,8-9,14H,1-2H3,(H,15,16)/t8-,9+/m1/s1. The molecule has 4 heteroatoms. The number of aromatic hydroxyl groups is 1. The van der Waals surface area contributed by atoms with Crippen LogP contribution in [0.1, 0.15) is 25.3 Å². The first-order chi connectivity index (χ1) is 7.37. The number of phenols is 1. The van der Waals surface area contributed by atoms with Crippen LogP contribution >= 0.6 is 15.9 Å². The monoisotopic (exact) mass is 284 g/mol. The van der Waals surface area contributed by atoms with Crippen LogP contribution in [0.25, 0.3) is 0 Å². The molecule has 0 aromatic heterocycles. The van der Waals surface area contributed by atoms with Crippen LogP contribution in [0, 0.1) is 11.3 Å². The summed E-state index contributed by atoms with van der Waals surface area (Å²) in [5.41, 5.74) is 0.427. The van der Waals surface area contributed by atoms with Gasteiger partial charge in [-0.15, -0.1) is 0 Å². The molecule has 0 bridgehead atoms. The van der Waals surface area contributed by atoms with Gasteiger partial charge in [-0.3, -0.25) is 4.79 Å². The summed E-state index contributed by atoms with van der Waals surface area (Å²) in [4.78, 5) is 11.1. The second-order valence-corrected chi connectivity index (χ2v) is 5.65. The summed E-state index contributed by atoms with van der Waals surface area (Å²) in [6, 6.07) is 5.34. The lowest BCUT2D eigenvalue weighted by Gasteiger charge is -2.06. The summed E-state index contributed by atoms with van der Waals surface area (Å²) >= 11 is 3.24. The zero-order valence-electron chi connectivity index (χ0n) is 9.07. The van der Waals surface area contributed by atoms with Crippen LogP contribution in [0.15, 0.2) is 22.7 Å². The fraction of sp³-hybridized carbons (Fsp3) is 0.417.